The zero-order valence-corrected chi connectivity index (χ0v) is 13.7. The van der Waals surface area contributed by atoms with Crippen molar-refractivity contribution in [2.45, 2.75) is 52.6 Å². The number of carbonyl (C=O) groups is 2. The fraction of sp³-hybridized carbons (Fsp3) is 0.867. The first kappa shape index (κ1) is 19.9. The molecule has 0 bridgehead atoms. The quantitative estimate of drug-likeness (QED) is 0.522. The molecule has 1 atom stereocenters. The van der Waals surface area contributed by atoms with Crippen molar-refractivity contribution in [3.63, 3.8) is 0 Å². The zero-order chi connectivity index (χ0) is 16.3. The Hall–Kier alpha value is -1.14. The molecule has 0 radical (unpaired) electrons. The molecular weight excluding hydrogens is 272 g/mol. The maximum absolute atomic E-state index is 11.6. The smallest absolute Gasteiger partial charge is 0.249 e. The third-order valence-electron chi connectivity index (χ3n) is 3.07. The second-order valence-corrected chi connectivity index (χ2v) is 6.21. The number of carbonyl (C=O) groups excluding carboxylic acids is 2. The second-order valence-electron chi connectivity index (χ2n) is 6.21. The fourth-order valence-electron chi connectivity index (χ4n) is 1.65. The average molecular weight is 302 g/mol. The summed E-state index contributed by atoms with van der Waals surface area (Å²) in [6.45, 7) is 6.98. The van der Waals surface area contributed by atoms with Crippen LogP contribution in [0.1, 0.15) is 46.5 Å². The highest BCUT2D eigenvalue weighted by Crippen LogP contribution is 2.18. The third kappa shape index (κ3) is 10.3. The number of ether oxygens (including phenoxy) is 1. The second kappa shape index (κ2) is 10.6. The predicted octanol–water partition coefficient (Wildman–Crippen LogP) is 0.833. The molecule has 0 unspecified atom stereocenters. The molecule has 0 aromatic carbocycles. The maximum atomic E-state index is 11.6. The Morgan fingerprint density at radius 3 is 2.33 bits per heavy atom. The zero-order valence-electron chi connectivity index (χ0n) is 13.7. The molecule has 6 nitrogen and oxygen atoms in total. The lowest BCUT2D eigenvalue weighted by Crippen LogP contribution is -2.43. The number of hydrogen-bond acceptors (Lipinski definition) is 4. The lowest BCUT2D eigenvalue weighted by Gasteiger charge is -2.24. The molecular formula is C15H30N2O4. The van der Waals surface area contributed by atoms with Gasteiger partial charge >= 0.3 is 0 Å². The summed E-state index contributed by atoms with van der Waals surface area (Å²) in [7, 11) is 1.67. The van der Waals surface area contributed by atoms with Crippen LogP contribution >= 0.6 is 0 Å². The molecule has 0 aliphatic carbocycles. The van der Waals surface area contributed by atoms with Crippen molar-refractivity contribution >= 4 is 11.8 Å². The number of unbranched alkanes of at least 4 members (excludes halogenated alkanes) is 2. The van der Waals surface area contributed by atoms with E-state index in [1.165, 1.54) is 0 Å². The number of aliphatic hydroxyl groups excluding tert-OH is 1. The van der Waals surface area contributed by atoms with Crippen LogP contribution in [0.5, 0.6) is 0 Å². The minimum atomic E-state index is -1.07. The summed E-state index contributed by atoms with van der Waals surface area (Å²) in [5.41, 5.74) is -0.505. The van der Waals surface area contributed by atoms with Crippen molar-refractivity contribution < 1.29 is 19.4 Å². The van der Waals surface area contributed by atoms with Gasteiger partial charge in [0.25, 0.3) is 0 Å². The summed E-state index contributed by atoms with van der Waals surface area (Å²) in [6, 6.07) is 0. The minimum Gasteiger partial charge on any atom is -0.385 e. The van der Waals surface area contributed by atoms with E-state index in [-0.39, 0.29) is 18.9 Å². The number of methoxy groups -OCH3 is 1. The molecule has 0 spiro atoms. The number of nitrogens with one attached hydrogen (secondary N) is 2. The van der Waals surface area contributed by atoms with Crippen LogP contribution in [0.25, 0.3) is 0 Å². The number of hydrogen-bond donors (Lipinski definition) is 3. The Labute approximate surface area is 127 Å². The average Bonchev–Trinajstić information content (AvgIpc) is 2.40. The summed E-state index contributed by atoms with van der Waals surface area (Å²) in [5.74, 6) is -0.526. The molecule has 3 N–H and O–H groups in total. The molecule has 0 heterocycles. The maximum Gasteiger partial charge on any atom is 0.249 e. The van der Waals surface area contributed by atoms with Crippen LogP contribution in [0.4, 0.5) is 0 Å². The van der Waals surface area contributed by atoms with Gasteiger partial charge in [-0.05, 0) is 24.7 Å². The summed E-state index contributed by atoms with van der Waals surface area (Å²) >= 11 is 0. The molecule has 2 amide bonds. The molecule has 0 saturated heterocycles. The van der Waals surface area contributed by atoms with E-state index in [1.54, 1.807) is 27.9 Å². The Morgan fingerprint density at radius 2 is 1.76 bits per heavy atom. The van der Waals surface area contributed by atoms with E-state index in [4.69, 9.17) is 4.74 Å². The van der Waals surface area contributed by atoms with E-state index < -0.39 is 17.4 Å². The van der Waals surface area contributed by atoms with E-state index >= 15 is 0 Å². The lowest BCUT2D eigenvalue weighted by molar-refractivity contribution is -0.134. The Morgan fingerprint density at radius 1 is 1.10 bits per heavy atom. The van der Waals surface area contributed by atoms with E-state index in [0.717, 1.165) is 25.9 Å². The third-order valence-corrected chi connectivity index (χ3v) is 3.07. The highest BCUT2D eigenvalue weighted by atomic mass is 16.5. The van der Waals surface area contributed by atoms with Crippen molar-refractivity contribution in [1.29, 1.82) is 0 Å². The monoisotopic (exact) mass is 302 g/mol. The normalized spacial score (nSPS) is 12.8. The van der Waals surface area contributed by atoms with Crippen LogP contribution in [-0.4, -0.2) is 49.8 Å². The Bertz CT molecular complexity index is 313. The van der Waals surface area contributed by atoms with Gasteiger partial charge in [-0.15, -0.1) is 0 Å². The van der Waals surface area contributed by atoms with Crippen LogP contribution in [-0.2, 0) is 14.3 Å². The van der Waals surface area contributed by atoms with Crippen LogP contribution in [0.15, 0.2) is 0 Å². The molecule has 0 aromatic heterocycles. The van der Waals surface area contributed by atoms with Crippen LogP contribution in [0.2, 0.25) is 0 Å². The van der Waals surface area contributed by atoms with Crippen molar-refractivity contribution in [2.24, 2.45) is 5.41 Å². The molecule has 0 rings (SSSR count). The first-order valence-electron chi connectivity index (χ1n) is 7.50. The van der Waals surface area contributed by atoms with Crippen molar-refractivity contribution in [2.75, 3.05) is 26.8 Å². The lowest BCUT2D eigenvalue weighted by atomic mass is 9.89. The topological polar surface area (TPSA) is 87.7 Å². The summed E-state index contributed by atoms with van der Waals surface area (Å²) < 4.78 is 4.94. The van der Waals surface area contributed by atoms with Gasteiger partial charge in [-0.25, -0.2) is 0 Å². The van der Waals surface area contributed by atoms with Crippen LogP contribution < -0.4 is 10.6 Å². The van der Waals surface area contributed by atoms with Crippen molar-refractivity contribution in [3.8, 4) is 0 Å². The first-order chi connectivity index (χ1) is 9.79. The standard InChI is InChI=1S/C15H30N2O4/c1-15(2,3)13(19)14(20)17-10-8-12(18)16-9-6-5-7-11-21-4/h13,19H,5-11H2,1-4H3,(H,16,18)(H,17,20)/t13-/m0/s1. The largest absolute Gasteiger partial charge is 0.385 e. The highest BCUT2D eigenvalue weighted by molar-refractivity contribution is 5.82. The first-order valence-corrected chi connectivity index (χ1v) is 7.50. The van der Waals surface area contributed by atoms with Gasteiger partial charge in [0.1, 0.15) is 6.10 Å². The molecule has 0 aromatic rings. The molecule has 0 saturated carbocycles. The molecule has 124 valence electrons. The number of rotatable bonds is 10. The van der Waals surface area contributed by atoms with Crippen LogP contribution in [0, 0.1) is 5.41 Å². The Kier molecular flexibility index (Phi) is 9.99. The molecule has 6 heteroatoms. The van der Waals surface area contributed by atoms with Gasteiger partial charge in [-0.2, -0.15) is 0 Å². The van der Waals surface area contributed by atoms with Gasteiger partial charge < -0.3 is 20.5 Å². The SMILES string of the molecule is COCCCCCNC(=O)CCNC(=O)[C@H](O)C(C)(C)C. The van der Waals surface area contributed by atoms with Gasteiger partial charge in [0.15, 0.2) is 0 Å². The highest BCUT2D eigenvalue weighted by Gasteiger charge is 2.28. The van der Waals surface area contributed by atoms with E-state index in [1.807, 2.05) is 0 Å². The summed E-state index contributed by atoms with van der Waals surface area (Å²) in [6.07, 6.45) is 2.09. The molecule has 0 aliphatic heterocycles. The van der Waals surface area contributed by atoms with E-state index in [9.17, 15) is 14.7 Å². The predicted molar refractivity (Wildman–Crippen MR) is 81.8 cm³/mol. The molecule has 21 heavy (non-hydrogen) atoms. The number of amides is 2. The van der Waals surface area contributed by atoms with E-state index in [2.05, 4.69) is 10.6 Å². The minimum absolute atomic E-state index is 0.0905. The van der Waals surface area contributed by atoms with Gasteiger partial charge in [-0.3, -0.25) is 9.59 Å². The summed E-state index contributed by atoms with van der Waals surface area (Å²) in [5, 5.41) is 15.1. The Balaban J connectivity index is 3.64. The van der Waals surface area contributed by atoms with Gasteiger partial charge in [0.05, 0.1) is 0 Å². The van der Waals surface area contributed by atoms with Gasteiger partial charge in [-0.1, -0.05) is 20.8 Å². The molecule has 0 fully saturated rings. The van der Waals surface area contributed by atoms with Crippen LogP contribution in [0.3, 0.4) is 0 Å². The van der Waals surface area contributed by atoms with Crippen molar-refractivity contribution in [3.05, 3.63) is 0 Å². The van der Waals surface area contributed by atoms with Crippen molar-refractivity contribution in [1.82, 2.24) is 10.6 Å². The van der Waals surface area contributed by atoms with Gasteiger partial charge in [0.2, 0.25) is 11.8 Å². The summed E-state index contributed by atoms with van der Waals surface area (Å²) in [4.78, 5) is 23.2. The fourth-order valence-corrected chi connectivity index (χ4v) is 1.65. The molecule has 0 aliphatic rings. The number of aliphatic hydroxyl groups is 1. The van der Waals surface area contributed by atoms with E-state index in [0.29, 0.717) is 6.54 Å². The van der Waals surface area contributed by atoms with Gasteiger partial charge in [0, 0.05) is 33.2 Å².